The van der Waals surface area contributed by atoms with E-state index in [0.29, 0.717) is 12.2 Å². The number of hydroxylamine groups is 1. The zero-order valence-electron chi connectivity index (χ0n) is 17.3. The average Bonchev–Trinajstić information content (AvgIpc) is 2.70. The minimum atomic E-state index is -0.886. The van der Waals surface area contributed by atoms with Crippen LogP contribution in [0.4, 0.5) is 0 Å². The number of likely N-dealkylation sites (N-methyl/N-ethyl adjacent to an activating group) is 1. The summed E-state index contributed by atoms with van der Waals surface area (Å²) >= 11 is 4.18. The highest BCUT2D eigenvalue weighted by atomic mass is 32.1. The van der Waals surface area contributed by atoms with Crippen molar-refractivity contribution in [2.45, 2.75) is 32.7 Å². The van der Waals surface area contributed by atoms with Gasteiger partial charge in [-0.05, 0) is 30.0 Å². The predicted molar refractivity (Wildman–Crippen MR) is 113 cm³/mol. The van der Waals surface area contributed by atoms with Gasteiger partial charge in [-0.3, -0.25) is 19.6 Å². The normalized spacial score (nSPS) is 14.0. The van der Waals surface area contributed by atoms with E-state index < -0.39 is 35.6 Å². The molecule has 0 fully saturated rings. The number of hydrogen-bond acceptors (Lipinski definition) is 6. The van der Waals surface area contributed by atoms with Crippen LogP contribution < -0.4 is 16.0 Å². The smallest absolute Gasteiger partial charge is 0.248 e. The number of ether oxygens (including phenoxy) is 1. The molecule has 4 N–H and O–H groups in total. The molecule has 9 heteroatoms. The van der Waals surface area contributed by atoms with Gasteiger partial charge in [0.15, 0.2) is 0 Å². The SMILES string of the molecule is COc1ccc(C[C@@H](C(N)=O)N(C)C(=O)C(CC(C)C)C(CS)C(=O)NO)cc1. The van der Waals surface area contributed by atoms with Crippen molar-refractivity contribution in [3.63, 3.8) is 0 Å². The first-order chi connectivity index (χ1) is 13.7. The third-order valence-corrected chi connectivity index (χ3v) is 5.30. The number of hydrogen-bond donors (Lipinski definition) is 4. The predicted octanol–water partition coefficient (Wildman–Crippen LogP) is 1.26. The summed E-state index contributed by atoms with van der Waals surface area (Å²) in [5, 5.41) is 9.03. The number of amides is 3. The highest BCUT2D eigenvalue weighted by Crippen LogP contribution is 2.26. The third-order valence-electron chi connectivity index (χ3n) is 4.90. The monoisotopic (exact) mass is 425 g/mol. The molecule has 2 unspecified atom stereocenters. The number of benzene rings is 1. The van der Waals surface area contributed by atoms with Crippen LogP contribution in [0.3, 0.4) is 0 Å². The van der Waals surface area contributed by atoms with Crippen molar-refractivity contribution in [2.24, 2.45) is 23.5 Å². The van der Waals surface area contributed by atoms with Gasteiger partial charge >= 0.3 is 0 Å². The number of primary amides is 1. The number of carbonyl (C=O) groups excluding carboxylic acids is 3. The van der Waals surface area contributed by atoms with Gasteiger partial charge in [0.25, 0.3) is 0 Å². The fourth-order valence-corrected chi connectivity index (χ4v) is 3.67. The van der Waals surface area contributed by atoms with Crippen molar-refractivity contribution < 1.29 is 24.3 Å². The summed E-state index contributed by atoms with van der Waals surface area (Å²) in [6.07, 6.45) is 0.629. The molecule has 0 aliphatic carbocycles. The lowest BCUT2D eigenvalue weighted by Crippen LogP contribution is -2.51. The van der Waals surface area contributed by atoms with Crippen molar-refractivity contribution >= 4 is 30.4 Å². The maximum atomic E-state index is 13.2. The number of carbonyl (C=O) groups is 3. The Bertz CT molecular complexity index is 696. The lowest BCUT2D eigenvalue weighted by molar-refractivity contribution is -0.147. The van der Waals surface area contributed by atoms with Crippen molar-refractivity contribution in [2.75, 3.05) is 19.9 Å². The van der Waals surface area contributed by atoms with E-state index >= 15 is 0 Å². The number of nitrogens with zero attached hydrogens (tertiary/aromatic N) is 1. The first kappa shape index (κ1) is 24.8. The molecule has 0 aliphatic rings. The minimum Gasteiger partial charge on any atom is -0.497 e. The number of rotatable bonds is 11. The Labute approximate surface area is 177 Å². The van der Waals surface area contributed by atoms with Crippen LogP contribution in [0.5, 0.6) is 5.75 Å². The van der Waals surface area contributed by atoms with E-state index in [4.69, 9.17) is 15.7 Å². The molecular formula is C20H31N3O5S. The Hall–Kier alpha value is -2.26. The van der Waals surface area contributed by atoms with Gasteiger partial charge in [-0.1, -0.05) is 26.0 Å². The minimum absolute atomic E-state index is 0.0725. The van der Waals surface area contributed by atoms with Crippen LogP contribution >= 0.6 is 12.6 Å². The van der Waals surface area contributed by atoms with Crippen molar-refractivity contribution in [1.29, 1.82) is 0 Å². The maximum Gasteiger partial charge on any atom is 0.248 e. The van der Waals surface area contributed by atoms with E-state index in [1.54, 1.807) is 36.9 Å². The summed E-state index contributed by atoms with van der Waals surface area (Å²) in [4.78, 5) is 38.7. The van der Waals surface area contributed by atoms with E-state index in [1.807, 2.05) is 13.8 Å². The van der Waals surface area contributed by atoms with Gasteiger partial charge in [0.05, 0.1) is 18.9 Å². The molecule has 8 nitrogen and oxygen atoms in total. The number of nitrogens with two attached hydrogens (primary N) is 1. The molecule has 0 spiro atoms. The molecule has 0 saturated carbocycles. The van der Waals surface area contributed by atoms with E-state index in [-0.39, 0.29) is 18.1 Å². The summed E-state index contributed by atoms with van der Waals surface area (Å²) in [6, 6.07) is 6.24. The molecule has 0 aromatic heterocycles. The number of nitrogens with one attached hydrogen (secondary N) is 1. The Morgan fingerprint density at radius 3 is 2.21 bits per heavy atom. The molecule has 0 aliphatic heterocycles. The average molecular weight is 426 g/mol. The topological polar surface area (TPSA) is 122 Å². The summed E-state index contributed by atoms with van der Waals surface area (Å²) in [5.41, 5.74) is 8.00. The molecular weight excluding hydrogens is 394 g/mol. The van der Waals surface area contributed by atoms with Crippen LogP contribution in [0.2, 0.25) is 0 Å². The van der Waals surface area contributed by atoms with Crippen LogP contribution in [0.15, 0.2) is 24.3 Å². The molecule has 29 heavy (non-hydrogen) atoms. The first-order valence-corrected chi connectivity index (χ1v) is 10.0. The molecule has 0 bridgehead atoms. The molecule has 0 radical (unpaired) electrons. The first-order valence-electron chi connectivity index (χ1n) is 9.39. The summed E-state index contributed by atoms with van der Waals surface area (Å²) in [7, 11) is 3.06. The Kier molecular flexibility index (Phi) is 9.97. The summed E-state index contributed by atoms with van der Waals surface area (Å²) in [5.74, 6) is -2.44. The Morgan fingerprint density at radius 1 is 1.21 bits per heavy atom. The Morgan fingerprint density at radius 2 is 1.79 bits per heavy atom. The standard InChI is InChI=1S/C20H31N3O5S/c1-12(2)9-15(16(11-29)19(25)22-27)20(26)23(3)17(18(21)24)10-13-5-7-14(28-4)8-6-13/h5-8,12,15-17,27,29H,9-11H2,1-4H3,(H2,21,24)(H,22,25)/t15?,16?,17-/m0/s1. The molecule has 0 heterocycles. The summed E-state index contributed by atoms with van der Waals surface area (Å²) in [6.45, 7) is 3.85. The second-order valence-electron chi connectivity index (χ2n) is 7.42. The molecule has 1 aromatic rings. The van der Waals surface area contributed by atoms with Crippen LogP contribution in [-0.2, 0) is 20.8 Å². The van der Waals surface area contributed by atoms with Crippen molar-refractivity contribution in [3.05, 3.63) is 29.8 Å². The van der Waals surface area contributed by atoms with Crippen LogP contribution in [0.25, 0.3) is 0 Å². The van der Waals surface area contributed by atoms with Gasteiger partial charge in [0, 0.05) is 19.2 Å². The van der Waals surface area contributed by atoms with Crippen LogP contribution in [0, 0.1) is 17.8 Å². The second-order valence-corrected chi connectivity index (χ2v) is 7.79. The highest BCUT2D eigenvalue weighted by molar-refractivity contribution is 7.80. The molecule has 1 aromatic carbocycles. The molecule has 3 atom stereocenters. The van der Waals surface area contributed by atoms with Gasteiger partial charge in [0.1, 0.15) is 11.8 Å². The van der Waals surface area contributed by atoms with E-state index in [2.05, 4.69) is 12.6 Å². The molecule has 162 valence electrons. The van der Waals surface area contributed by atoms with Crippen LogP contribution in [-0.4, -0.2) is 53.8 Å². The zero-order valence-corrected chi connectivity index (χ0v) is 18.2. The Balaban J connectivity index is 3.12. The fourth-order valence-electron chi connectivity index (χ4n) is 3.25. The van der Waals surface area contributed by atoms with Gasteiger partial charge in [-0.2, -0.15) is 12.6 Å². The van der Waals surface area contributed by atoms with E-state index in [1.165, 1.54) is 11.9 Å². The van der Waals surface area contributed by atoms with E-state index in [0.717, 1.165) is 5.56 Å². The molecule has 1 rings (SSSR count). The van der Waals surface area contributed by atoms with Gasteiger partial charge in [-0.25, -0.2) is 5.48 Å². The quantitative estimate of drug-likeness (QED) is 0.242. The number of methoxy groups -OCH3 is 1. The van der Waals surface area contributed by atoms with Gasteiger partial charge < -0.3 is 15.4 Å². The lowest BCUT2D eigenvalue weighted by Gasteiger charge is -2.33. The van der Waals surface area contributed by atoms with Gasteiger partial charge in [-0.15, -0.1) is 0 Å². The zero-order chi connectivity index (χ0) is 22.1. The number of thiol groups is 1. The van der Waals surface area contributed by atoms with Crippen molar-refractivity contribution in [3.8, 4) is 5.75 Å². The lowest BCUT2D eigenvalue weighted by atomic mass is 9.84. The molecule has 3 amide bonds. The highest BCUT2D eigenvalue weighted by Gasteiger charge is 2.37. The summed E-state index contributed by atoms with van der Waals surface area (Å²) < 4.78 is 5.13. The van der Waals surface area contributed by atoms with E-state index in [9.17, 15) is 14.4 Å². The molecule has 0 saturated heterocycles. The third kappa shape index (κ3) is 6.93. The fraction of sp³-hybridized carbons (Fsp3) is 0.550. The second kappa shape index (κ2) is 11.7. The van der Waals surface area contributed by atoms with Gasteiger partial charge in [0.2, 0.25) is 17.7 Å². The maximum absolute atomic E-state index is 13.2. The van der Waals surface area contributed by atoms with Crippen LogP contribution in [0.1, 0.15) is 25.8 Å². The van der Waals surface area contributed by atoms with Crippen molar-refractivity contribution in [1.82, 2.24) is 10.4 Å². The largest absolute Gasteiger partial charge is 0.497 e.